The fraction of sp³-hybridized carbons (Fsp3) is 1.00. The minimum absolute atomic E-state index is 0.279. The van der Waals surface area contributed by atoms with Gasteiger partial charge in [0, 0.05) is 33.6 Å². The third-order valence-electron chi connectivity index (χ3n) is 3.98. The Morgan fingerprint density at radius 2 is 1.17 bits per heavy atom. The molecule has 0 aromatic carbocycles. The zero-order valence-corrected chi connectivity index (χ0v) is 15.0. The monoisotopic (exact) mass is 294 g/mol. The van der Waals surface area contributed by atoms with Gasteiger partial charge in [-0.05, 0) is 19.5 Å². The average Bonchev–Trinajstić information content (AvgIpc) is 2.42. The molecular weight excluding hydrogens is 264 g/mol. The number of unbranched alkanes of at least 4 members (excludes halogenated alkanes) is 2. The van der Waals surface area contributed by atoms with Gasteiger partial charge in [0.05, 0.1) is 0 Å². The lowest BCUT2D eigenvalue weighted by atomic mass is 10.2. The molecule has 18 heavy (non-hydrogen) atoms. The van der Waals surface area contributed by atoms with E-state index < -0.39 is 17.1 Å². The molecule has 0 rings (SSSR count). The lowest BCUT2D eigenvalue weighted by molar-refractivity contribution is 0.206. The van der Waals surface area contributed by atoms with Gasteiger partial charge in [-0.15, -0.1) is 0 Å². The van der Waals surface area contributed by atoms with Gasteiger partial charge in [0.15, 0.2) is 0 Å². The van der Waals surface area contributed by atoms with Crippen molar-refractivity contribution in [3.63, 3.8) is 0 Å². The molecule has 0 fully saturated rings. The van der Waals surface area contributed by atoms with Gasteiger partial charge in [-0.25, -0.2) is 0 Å². The van der Waals surface area contributed by atoms with Crippen LogP contribution in [0.3, 0.4) is 0 Å². The maximum atomic E-state index is 5.72. The number of rotatable bonds is 10. The summed E-state index contributed by atoms with van der Waals surface area (Å²) in [4.78, 5) is 0. The lowest BCUT2D eigenvalue weighted by Crippen LogP contribution is -2.56. The van der Waals surface area contributed by atoms with Gasteiger partial charge in [0.25, 0.3) is 0 Å². The van der Waals surface area contributed by atoms with Gasteiger partial charge in [-0.3, -0.25) is 0 Å². The Morgan fingerprint density at radius 1 is 0.778 bits per heavy atom. The van der Waals surface area contributed by atoms with Crippen LogP contribution in [0.5, 0.6) is 0 Å². The molecule has 110 valence electrons. The van der Waals surface area contributed by atoms with Crippen molar-refractivity contribution in [2.45, 2.75) is 50.9 Å². The summed E-state index contributed by atoms with van der Waals surface area (Å²) in [6.07, 6.45) is 4.67. The van der Waals surface area contributed by atoms with Crippen LogP contribution in [0.4, 0.5) is 0 Å². The van der Waals surface area contributed by atoms with E-state index in [0.29, 0.717) is 0 Å². The minimum atomic E-state index is -2.24. The van der Waals surface area contributed by atoms with Crippen molar-refractivity contribution in [2.24, 2.45) is 0 Å². The fourth-order valence-electron chi connectivity index (χ4n) is 2.33. The second-order valence-electron chi connectivity index (χ2n) is 4.90. The molecule has 0 amide bonds. The molecular formula is C12H30O4Si2. The van der Waals surface area contributed by atoms with Gasteiger partial charge in [-0.2, -0.15) is 0 Å². The molecule has 0 N–H and O–H groups in total. The Morgan fingerprint density at radius 3 is 1.44 bits per heavy atom. The summed E-state index contributed by atoms with van der Waals surface area (Å²) in [5, 5.41) is 0.279. The Kier molecular flexibility index (Phi) is 8.57. The second kappa shape index (κ2) is 8.45. The predicted molar refractivity (Wildman–Crippen MR) is 79.2 cm³/mol. The second-order valence-corrected chi connectivity index (χ2v) is 12.6. The molecule has 0 saturated heterocycles. The van der Waals surface area contributed by atoms with Crippen molar-refractivity contribution < 1.29 is 17.7 Å². The molecule has 6 heteroatoms. The van der Waals surface area contributed by atoms with Crippen LogP contribution in [0.25, 0.3) is 0 Å². The third kappa shape index (κ3) is 4.43. The van der Waals surface area contributed by atoms with E-state index in [1.54, 1.807) is 28.4 Å². The molecule has 0 heterocycles. The summed E-state index contributed by atoms with van der Waals surface area (Å²) in [5.41, 5.74) is 0. The van der Waals surface area contributed by atoms with E-state index in [2.05, 4.69) is 20.0 Å². The van der Waals surface area contributed by atoms with Gasteiger partial charge in [0.2, 0.25) is 0 Å². The van der Waals surface area contributed by atoms with E-state index in [-0.39, 0.29) is 5.16 Å². The van der Waals surface area contributed by atoms with Crippen LogP contribution in [0.1, 0.15) is 32.6 Å². The molecule has 0 aromatic rings. The summed E-state index contributed by atoms with van der Waals surface area (Å²) in [6.45, 7) is 6.42. The molecule has 0 aliphatic heterocycles. The summed E-state index contributed by atoms with van der Waals surface area (Å²) >= 11 is 0. The zero-order chi connectivity index (χ0) is 14.2. The highest BCUT2D eigenvalue weighted by Gasteiger charge is 2.53. The molecule has 0 radical (unpaired) electrons. The minimum Gasteiger partial charge on any atom is -0.398 e. The third-order valence-corrected chi connectivity index (χ3v) is 13.5. The Labute approximate surface area is 114 Å². The first-order chi connectivity index (χ1) is 8.44. The molecule has 0 aromatic heterocycles. The Balaban J connectivity index is 5.02. The number of hydrogen-bond acceptors (Lipinski definition) is 4. The van der Waals surface area contributed by atoms with Crippen LogP contribution in [0.15, 0.2) is 0 Å². The smallest absolute Gasteiger partial charge is 0.339 e. The SMILES string of the molecule is CCCCCC([Si](C)(OC)OC)[Si](C)(OC)OC. The molecule has 0 bridgehead atoms. The van der Waals surface area contributed by atoms with E-state index >= 15 is 0 Å². The van der Waals surface area contributed by atoms with Gasteiger partial charge >= 0.3 is 17.1 Å². The van der Waals surface area contributed by atoms with E-state index in [0.717, 1.165) is 6.42 Å². The normalized spacial score (nSPS) is 13.3. The molecule has 0 atom stereocenters. The highest BCUT2D eigenvalue weighted by Crippen LogP contribution is 2.38. The average molecular weight is 295 g/mol. The molecule has 0 unspecified atom stereocenters. The molecule has 0 saturated carbocycles. The maximum Gasteiger partial charge on any atom is 0.339 e. The van der Waals surface area contributed by atoms with Crippen molar-refractivity contribution in [3.8, 4) is 0 Å². The van der Waals surface area contributed by atoms with E-state index in [9.17, 15) is 0 Å². The summed E-state index contributed by atoms with van der Waals surface area (Å²) in [7, 11) is 2.47. The topological polar surface area (TPSA) is 36.9 Å². The molecule has 0 aliphatic carbocycles. The van der Waals surface area contributed by atoms with Crippen molar-refractivity contribution >= 4 is 17.1 Å². The Bertz CT molecular complexity index is 200. The van der Waals surface area contributed by atoms with E-state index in [1.807, 2.05) is 0 Å². The van der Waals surface area contributed by atoms with Gasteiger partial charge in [0.1, 0.15) is 0 Å². The van der Waals surface area contributed by atoms with Crippen molar-refractivity contribution in [1.82, 2.24) is 0 Å². The molecule has 0 aliphatic rings. The fourth-order valence-corrected chi connectivity index (χ4v) is 10.5. The van der Waals surface area contributed by atoms with Crippen LogP contribution < -0.4 is 0 Å². The van der Waals surface area contributed by atoms with Gasteiger partial charge in [-0.1, -0.05) is 26.2 Å². The summed E-state index contributed by atoms with van der Waals surface area (Å²) in [6, 6.07) is 0. The first kappa shape index (κ1) is 18.3. The maximum absolute atomic E-state index is 5.72. The summed E-state index contributed by atoms with van der Waals surface area (Å²) in [5.74, 6) is 0. The highest BCUT2D eigenvalue weighted by molar-refractivity contribution is 6.87. The van der Waals surface area contributed by atoms with Crippen molar-refractivity contribution in [2.75, 3.05) is 28.4 Å². The zero-order valence-electron chi connectivity index (χ0n) is 13.0. The summed E-state index contributed by atoms with van der Waals surface area (Å²) < 4.78 is 22.9. The van der Waals surface area contributed by atoms with Crippen LogP contribution in [-0.2, 0) is 17.7 Å². The molecule has 0 spiro atoms. The first-order valence-electron chi connectivity index (χ1n) is 6.64. The Hall–Kier alpha value is 0.274. The highest BCUT2D eigenvalue weighted by atomic mass is 28.4. The van der Waals surface area contributed by atoms with E-state index in [1.165, 1.54) is 19.3 Å². The van der Waals surface area contributed by atoms with Gasteiger partial charge < -0.3 is 17.7 Å². The van der Waals surface area contributed by atoms with Crippen molar-refractivity contribution in [1.29, 1.82) is 0 Å². The van der Waals surface area contributed by atoms with E-state index in [4.69, 9.17) is 17.7 Å². The van der Waals surface area contributed by atoms with Crippen LogP contribution in [0, 0.1) is 0 Å². The first-order valence-corrected chi connectivity index (χ1v) is 11.4. The van der Waals surface area contributed by atoms with Crippen LogP contribution >= 0.6 is 0 Å². The molecule has 4 nitrogen and oxygen atoms in total. The largest absolute Gasteiger partial charge is 0.398 e. The van der Waals surface area contributed by atoms with Crippen molar-refractivity contribution in [3.05, 3.63) is 0 Å². The number of hydrogen-bond donors (Lipinski definition) is 0. The van der Waals surface area contributed by atoms with Crippen LogP contribution in [-0.4, -0.2) is 45.6 Å². The van der Waals surface area contributed by atoms with Crippen LogP contribution in [0.2, 0.25) is 18.3 Å². The quantitative estimate of drug-likeness (QED) is 0.458. The standard InChI is InChI=1S/C12H30O4Si2/c1-8-9-10-11-12(17(6,13-2)14-3)18(7,15-4)16-5/h12H,8-11H2,1-7H3. The predicted octanol–water partition coefficient (Wildman–Crippen LogP) is 3.21. The lowest BCUT2D eigenvalue weighted by Gasteiger charge is -2.40.